The molecule has 0 aromatic carbocycles. The van der Waals surface area contributed by atoms with Crippen LogP contribution in [0.2, 0.25) is 0 Å². The number of aryl methyl sites for hydroxylation is 1. The number of esters is 2. The summed E-state index contributed by atoms with van der Waals surface area (Å²) in [4.78, 5) is 60.8. The predicted octanol–water partition coefficient (Wildman–Crippen LogP) is 1.66. The largest absolute Gasteiger partial charge is 0.462 e. The molecular formula is C20H25N3O7S. The average Bonchev–Trinajstić information content (AvgIpc) is 3.24. The summed E-state index contributed by atoms with van der Waals surface area (Å²) in [7, 11) is 0. The monoisotopic (exact) mass is 451 g/mol. The summed E-state index contributed by atoms with van der Waals surface area (Å²) in [6, 6.07) is -1.40. The Bertz CT molecular complexity index is 911. The van der Waals surface area contributed by atoms with Crippen molar-refractivity contribution in [2.24, 2.45) is 0 Å². The van der Waals surface area contributed by atoms with Crippen LogP contribution in [0.1, 0.15) is 60.3 Å². The molecule has 0 saturated carbocycles. The Morgan fingerprint density at radius 2 is 1.97 bits per heavy atom. The number of hydrogen-bond acceptors (Lipinski definition) is 8. The van der Waals surface area contributed by atoms with E-state index in [9.17, 15) is 24.0 Å². The lowest BCUT2D eigenvalue weighted by Gasteiger charge is -2.15. The van der Waals surface area contributed by atoms with Gasteiger partial charge < -0.3 is 20.1 Å². The van der Waals surface area contributed by atoms with Crippen LogP contribution in [0.15, 0.2) is 0 Å². The zero-order valence-corrected chi connectivity index (χ0v) is 18.2. The molecule has 0 unspecified atom stereocenters. The molecule has 10 nitrogen and oxygen atoms in total. The second-order valence-corrected chi connectivity index (χ2v) is 8.42. The summed E-state index contributed by atoms with van der Waals surface area (Å²) in [5, 5.41) is 7.58. The Hall–Kier alpha value is -2.95. The summed E-state index contributed by atoms with van der Waals surface area (Å²) in [6.45, 7) is 3.37. The van der Waals surface area contributed by atoms with Crippen LogP contribution in [0.25, 0.3) is 0 Å². The first-order valence-corrected chi connectivity index (χ1v) is 11.0. The van der Waals surface area contributed by atoms with Gasteiger partial charge in [0.1, 0.15) is 11.0 Å². The Kier molecular flexibility index (Phi) is 7.26. The lowest BCUT2D eigenvalue weighted by atomic mass is 9.95. The Labute approximate surface area is 183 Å². The Balaban J connectivity index is 1.59. The molecule has 2 atom stereocenters. The van der Waals surface area contributed by atoms with Crippen LogP contribution in [-0.2, 0) is 36.7 Å². The fraction of sp³-hybridized carbons (Fsp3) is 0.550. The molecule has 0 spiro atoms. The molecular weight excluding hydrogens is 426 g/mol. The number of fused-ring (bicyclic) bond motifs is 1. The van der Waals surface area contributed by atoms with Crippen LogP contribution < -0.4 is 16.0 Å². The molecule has 1 aromatic heterocycles. The zero-order valence-electron chi connectivity index (χ0n) is 17.4. The number of nitrogens with one attached hydrogen (secondary N) is 3. The molecule has 1 saturated heterocycles. The number of amides is 4. The van der Waals surface area contributed by atoms with Crippen molar-refractivity contribution in [3.05, 3.63) is 16.0 Å². The highest BCUT2D eigenvalue weighted by Gasteiger charge is 2.31. The van der Waals surface area contributed by atoms with Crippen molar-refractivity contribution in [2.75, 3.05) is 11.9 Å². The van der Waals surface area contributed by atoms with Crippen LogP contribution in [0, 0.1) is 0 Å². The third-order valence-electron chi connectivity index (χ3n) is 5.06. The highest BCUT2D eigenvalue weighted by Crippen LogP contribution is 2.38. The van der Waals surface area contributed by atoms with Crippen molar-refractivity contribution in [3.63, 3.8) is 0 Å². The lowest BCUT2D eigenvalue weighted by molar-refractivity contribution is -0.153. The minimum atomic E-state index is -1.10. The molecule has 2 aliphatic rings. The van der Waals surface area contributed by atoms with Crippen molar-refractivity contribution in [1.82, 2.24) is 10.6 Å². The number of carbonyl (C=O) groups is 5. The first-order chi connectivity index (χ1) is 14.8. The number of hydrogen-bond donors (Lipinski definition) is 3. The number of carbonyl (C=O) groups excluding carboxylic acids is 5. The lowest BCUT2D eigenvalue weighted by Crippen LogP contribution is -2.32. The molecule has 31 heavy (non-hydrogen) atoms. The van der Waals surface area contributed by atoms with Crippen LogP contribution in [0.3, 0.4) is 0 Å². The number of ether oxygens (including phenoxy) is 2. The molecule has 3 rings (SSSR count). The van der Waals surface area contributed by atoms with Crippen LogP contribution in [0.4, 0.5) is 9.80 Å². The van der Waals surface area contributed by atoms with Crippen molar-refractivity contribution < 1.29 is 33.4 Å². The SMILES string of the molecule is CCOC(=O)c1c(NC(=O)[C@H](C)OC(=O)CC[C@@H]2NC(=O)NC2=O)sc2c1CCCC2. The van der Waals surface area contributed by atoms with E-state index < -0.39 is 41.9 Å². The van der Waals surface area contributed by atoms with Crippen molar-refractivity contribution in [3.8, 4) is 0 Å². The van der Waals surface area contributed by atoms with E-state index in [4.69, 9.17) is 9.47 Å². The first kappa shape index (κ1) is 22.7. The molecule has 168 valence electrons. The van der Waals surface area contributed by atoms with E-state index in [-0.39, 0.29) is 19.4 Å². The van der Waals surface area contributed by atoms with Crippen LogP contribution in [-0.4, -0.2) is 48.5 Å². The van der Waals surface area contributed by atoms with Gasteiger partial charge in [-0.2, -0.15) is 0 Å². The van der Waals surface area contributed by atoms with Gasteiger partial charge >= 0.3 is 18.0 Å². The van der Waals surface area contributed by atoms with Gasteiger partial charge in [0.2, 0.25) is 0 Å². The van der Waals surface area contributed by atoms with Crippen molar-refractivity contribution in [2.45, 2.75) is 64.5 Å². The van der Waals surface area contributed by atoms with Gasteiger partial charge in [-0.25, -0.2) is 9.59 Å². The average molecular weight is 452 g/mol. The first-order valence-electron chi connectivity index (χ1n) is 10.2. The second kappa shape index (κ2) is 9.90. The van der Waals surface area contributed by atoms with E-state index in [1.165, 1.54) is 18.3 Å². The van der Waals surface area contributed by atoms with Gasteiger partial charge in [-0.3, -0.25) is 19.7 Å². The Morgan fingerprint density at radius 3 is 2.65 bits per heavy atom. The standard InChI is InChI=1S/C20H25N3O7S/c1-3-29-19(27)15-11-6-4-5-7-13(11)31-18(15)22-16(25)10(2)30-14(24)9-8-12-17(26)23-20(28)21-12/h10,12H,3-9H2,1-2H3,(H,22,25)(H2,21,23,26,28)/t10-,12-/m0/s1. The summed E-state index contributed by atoms with van der Waals surface area (Å²) >= 11 is 1.35. The zero-order chi connectivity index (χ0) is 22.5. The quantitative estimate of drug-likeness (QED) is 0.403. The molecule has 1 aromatic rings. The second-order valence-electron chi connectivity index (χ2n) is 7.31. The number of thiophene rings is 1. The smallest absolute Gasteiger partial charge is 0.341 e. The Morgan fingerprint density at radius 1 is 1.23 bits per heavy atom. The van der Waals surface area contributed by atoms with E-state index in [0.717, 1.165) is 36.1 Å². The van der Waals surface area contributed by atoms with Crippen molar-refractivity contribution >= 4 is 46.1 Å². The highest BCUT2D eigenvalue weighted by atomic mass is 32.1. The minimum Gasteiger partial charge on any atom is -0.462 e. The number of rotatable bonds is 8. The van der Waals surface area contributed by atoms with Gasteiger partial charge in [0.25, 0.3) is 11.8 Å². The fourth-order valence-electron chi connectivity index (χ4n) is 3.52. The normalized spacial score (nSPS) is 18.5. The number of anilines is 1. The van der Waals surface area contributed by atoms with Gasteiger partial charge in [-0.15, -0.1) is 11.3 Å². The molecule has 1 aliphatic heterocycles. The summed E-state index contributed by atoms with van der Waals surface area (Å²) < 4.78 is 10.3. The summed E-state index contributed by atoms with van der Waals surface area (Å²) in [5.74, 6) is -2.22. The fourth-order valence-corrected chi connectivity index (χ4v) is 4.80. The molecule has 2 heterocycles. The summed E-state index contributed by atoms with van der Waals surface area (Å²) in [6.07, 6.45) is 2.41. The van der Waals surface area contributed by atoms with E-state index >= 15 is 0 Å². The highest BCUT2D eigenvalue weighted by molar-refractivity contribution is 7.17. The maximum Gasteiger partial charge on any atom is 0.341 e. The predicted molar refractivity (Wildman–Crippen MR) is 111 cm³/mol. The third-order valence-corrected chi connectivity index (χ3v) is 6.27. The van der Waals surface area contributed by atoms with Gasteiger partial charge in [-0.05, 0) is 51.5 Å². The minimum absolute atomic E-state index is 0.0649. The molecule has 3 N–H and O–H groups in total. The summed E-state index contributed by atoms with van der Waals surface area (Å²) in [5.41, 5.74) is 1.31. The van der Waals surface area contributed by atoms with E-state index in [2.05, 4.69) is 16.0 Å². The van der Waals surface area contributed by atoms with Gasteiger partial charge in [-0.1, -0.05) is 0 Å². The molecule has 1 fully saturated rings. The van der Waals surface area contributed by atoms with Gasteiger partial charge in [0.15, 0.2) is 6.10 Å². The topological polar surface area (TPSA) is 140 Å². The van der Waals surface area contributed by atoms with E-state index in [1.54, 1.807) is 6.92 Å². The van der Waals surface area contributed by atoms with Crippen molar-refractivity contribution in [1.29, 1.82) is 0 Å². The van der Waals surface area contributed by atoms with E-state index in [1.807, 2.05) is 0 Å². The third kappa shape index (κ3) is 5.40. The van der Waals surface area contributed by atoms with Crippen LogP contribution in [0.5, 0.6) is 0 Å². The van der Waals surface area contributed by atoms with E-state index in [0.29, 0.717) is 10.6 Å². The maximum atomic E-state index is 12.6. The van der Waals surface area contributed by atoms with Gasteiger partial charge in [0, 0.05) is 11.3 Å². The number of urea groups is 1. The maximum absolute atomic E-state index is 12.6. The molecule has 0 bridgehead atoms. The molecule has 11 heteroatoms. The van der Waals surface area contributed by atoms with Crippen LogP contribution >= 0.6 is 11.3 Å². The van der Waals surface area contributed by atoms with Gasteiger partial charge in [0.05, 0.1) is 12.2 Å². The molecule has 1 aliphatic carbocycles. The molecule has 0 radical (unpaired) electrons. The number of imide groups is 1. The molecule has 4 amide bonds.